The third kappa shape index (κ3) is 4.29. The molecule has 10 nitrogen and oxygen atoms in total. The van der Waals surface area contributed by atoms with E-state index in [0.717, 1.165) is 30.2 Å². The average Bonchev–Trinajstić information content (AvgIpc) is 3.66. The number of carbonyl (C=O) groups excluding carboxylic acids is 4. The maximum atomic E-state index is 13.7. The minimum Gasteiger partial charge on any atom is -0.496 e. The Morgan fingerprint density at radius 2 is 2.03 bits per heavy atom. The minimum absolute atomic E-state index is 0.0286. The van der Waals surface area contributed by atoms with Gasteiger partial charge in [0.05, 0.1) is 14.2 Å². The molecule has 36 heavy (non-hydrogen) atoms. The largest absolute Gasteiger partial charge is 0.496 e. The number of nitrogens with zero attached hydrogens (tertiary/aromatic N) is 1. The molecule has 192 valence electrons. The van der Waals surface area contributed by atoms with Crippen molar-refractivity contribution >= 4 is 34.6 Å². The van der Waals surface area contributed by atoms with Crippen molar-refractivity contribution in [3.8, 4) is 5.75 Å². The van der Waals surface area contributed by atoms with E-state index in [9.17, 15) is 19.2 Å². The minimum atomic E-state index is -0.953. The molecule has 3 fully saturated rings. The molecule has 1 aromatic carbocycles. The van der Waals surface area contributed by atoms with E-state index in [1.807, 2.05) is 18.2 Å². The van der Waals surface area contributed by atoms with Crippen LogP contribution in [-0.4, -0.2) is 73.0 Å². The van der Waals surface area contributed by atoms with Gasteiger partial charge in [-0.25, -0.2) is 4.79 Å². The van der Waals surface area contributed by atoms with Gasteiger partial charge in [-0.2, -0.15) is 0 Å². The van der Waals surface area contributed by atoms with Crippen molar-refractivity contribution in [3.63, 3.8) is 0 Å². The van der Waals surface area contributed by atoms with Crippen molar-refractivity contribution in [2.24, 2.45) is 17.8 Å². The van der Waals surface area contributed by atoms with Crippen molar-refractivity contribution in [3.05, 3.63) is 30.0 Å². The molecule has 5 rings (SSSR count). The topological polar surface area (TPSA) is 130 Å². The first-order valence-electron chi connectivity index (χ1n) is 12.5. The normalized spacial score (nSPS) is 25.9. The molecular weight excluding hydrogens is 464 g/mol. The quantitative estimate of drug-likeness (QED) is 0.500. The zero-order valence-corrected chi connectivity index (χ0v) is 20.5. The summed E-state index contributed by atoms with van der Waals surface area (Å²) in [6, 6.07) is 5.67. The van der Waals surface area contributed by atoms with Crippen LogP contribution in [0.5, 0.6) is 5.75 Å². The van der Waals surface area contributed by atoms with Gasteiger partial charge in [-0.15, -0.1) is 0 Å². The lowest BCUT2D eigenvalue weighted by atomic mass is 9.92. The Balaban J connectivity index is 1.39. The van der Waals surface area contributed by atoms with E-state index in [-0.39, 0.29) is 41.9 Å². The predicted molar refractivity (Wildman–Crippen MR) is 130 cm³/mol. The number of hydrogen-bond donors (Lipinski definition) is 3. The average molecular weight is 497 g/mol. The van der Waals surface area contributed by atoms with Gasteiger partial charge in [0.25, 0.3) is 5.91 Å². The fourth-order valence-electron chi connectivity index (χ4n) is 6.19. The monoisotopic (exact) mass is 496 g/mol. The molecule has 2 saturated heterocycles. The number of carbonyl (C=O) groups is 4. The summed E-state index contributed by atoms with van der Waals surface area (Å²) in [7, 11) is 2.84. The second-order valence-electron chi connectivity index (χ2n) is 9.96. The van der Waals surface area contributed by atoms with Gasteiger partial charge < -0.3 is 30.0 Å². The van der Waals surface area contributed by atoms with Crippen LogP contribution in [0, 0.1) is 17.8 Å². The van der Waals surface area contributed by atoms with E-state index in [2.05, 4.69) is 15.6 Å². The number of nitrogens with one attached hydrogen (secondary N) is 3. The molecule has 0 unspecified atom stereocenters. The standard InChI is InChI=1S/C26H32N4O6/c1-35-21-8-4-7-18-17(21)12-19(28-18)25(33)30-13-15-5-3-6-16(15)22(30)24(32)29-20(26(34)36-2)11-14-9-10-27-23(14)31/h4,7-8,12,14-16,20,22,28H,3,5-6,9-11,13H2,1-2H3,(H,27,31)(H,29,32)/t14-,15-,16-,20-,22-/m0/s1. The number of H-pyrrole nitrogens is 1. The zero-order chi connectivity index (χ0) is 25.4. The molecule has 2 aromatic rings. The summed E-state index contributed by atoms with van der Waals surface area (Å²) in [4.78, 5) is 56.8. The van der Waals surface area contributed by atoms with Gasteiger partial charge in [-0.1, -0.05) is 12.5 Å². The highest BCUT2D eigenvalue weighted by atomic mass is 16.5. The van der Waals surface area contributed by atoms with E-state index in [1.165, 1.54) is 7.11 Å². The summed E-state index contributed by atoms with van der Waals surface area (Å²) in [5, 5.41) is 6.39. The van der Waals surface area contributed by atoms with Gasteiger partial charge in [0.2, 0.25) is 11.8 Å². The number of hydrogen-bond acceptors (Lipinski definition) is 6. The molecule has 0 radical (unpaired) electrons. The molecule has 5 atom stereocenters. The lowest BCUT2D eigenvalue weighted by Crippen LogP contribution is -2.53. The highest BCUT2D eigenvalue weighted by Crippen LogP contribution is 2.43. The maximum Gasteiger partial charge on any atom is 0.328 e. The molecular formula is C26H32N4O6. The SMILES string of the molecule is COC(=O)[C@H](C[C@@H]1CCNC1=O)NC(=O)[C@@H]1[C@H]2CCC[C@H]2CN1C(=O)c1cc2c(OC)cccc2[nH]1. The van der Waals surface area contributed by atoms with E-state index < -0.39 is 18.1 Å². The van der Waals surface area contributed by atoms with Gasteiger partial charge in [0.1, 0.15) is 23.5 Å². The Morgan fingerprint density at radius 3 is 2.75 bits per heavy atom. The van der Waals surface area contributed by atoms with Crippen LogP contribution in [0.1, 0.15) is 42.6 Å². The van der Waals surface area contributed by atoms with Crippen LogP contribution in [0.15, 0.2) is 24.3 Å². The smallest absolute Gasteiger partial charge is 0.328 e. The lowest BCUT2D eigenvalue weighted by molar-refractivity contribution is -0.146. The highest BCUT2D eigenvalue weighted by molar-refractivity contribution is 6.02. The van der Waals surface area contributed by atoms with Crippen molar-refractivity contribution in [2.75, 3.05) is 27.3 Å². The molecule has 0 bridgehead atoms. The lowest BCUT2D eigenvalue weighted by Gasteiger charge is -2.28. The van der Waals surface area contributed by atoms with E-state index in [0.29, 0.717) is 31.0 Å². The van der Waals surface area contributed by atoms with Crippen LogP contribution in [0.4, 0.5) is 0 Å². The molecule has 0 spiro atoms. The van der Waals surface area contributed by atoms with Crippen LogP contribution < -0.4 is 15.4 Å². The number of aromatic amines is 1. The molecule has 3 N–H and O–H groups in total. The number of likely N-dealkylation sites (tertiary alicyclic amines) is 1. The molecule has 1 saturated carbocycles. The van der Waals surface area contributed by atoms with Crippen LogP contribution in [0.2, 0.25) is 0 Å². The van der Waals surface area contributed by atoms with Crippen molar-refractivity contribution < 1.29 is 28.7 Å². The summed E-state index contributed by atoms with van der Waals surface area (Å²) in [6.45, 7) is 1.04. The zero-order valence-electron chi connectivity index (χ0n) is 20.5. The molecule has 3 aliphatic rings. The molecule has 3 heterocycles. The molecule has 3 amide bonds. The third-order valence-corrected chi connectivity index (χ3v) is 7.98. The van der Waals surface area contributed by atoms with Crippen molar-refractivity contribution in [2.45, 2.75) is 44.2 Å². The van der Waals surface area contributed by atoms with Gasteiger partial charge in [0, 0.05) is 29.9 Å². The summed E-state index contributed by atoms with van der Waals surface area (Å²) < 4.78 is 10.3. The van der Waals surface area contributed by atoms with Crippen LogP contribution in [0.25, 0.3) is 10.9 Å². The van der Waals surface area contributed by atoms with Crippen LogP contribution in [-0.2, 0) is 19.1 Å². The third-order valence-electron chi connectivity index (χ3n) is 7.98. The van der Waals surface area contributed by atoms with Gasteiger partial charge in [0.15, 0.2) is 0 Å². The molecule has 1 aromatic heterocycles. The van der Waals surface area contributed by atoms with Gasteiger partial charge >= 0.3 is 5.97 Å². The number of amides is 3. The molecule has 1 aliphatic carbocycles. The Kier molecular flexibility index (Phi) is 6.59. The van der Waals surface area contributed by atoms with Crippen LogP contribution >= 0.6 is 0 Å². The van der Waals surface area contributed by atoms with Gasteiger partial charge in [-0.3, -0.25) is 14.4 Å². The number of methoxy groups -OCH3 is 2. The summed E-state index contributed by atoms with van der Waals surface area (Å²) >= 11 is 0. The number of aromatic nitrogens is 1. The van der Waals surface area contributed by atoms with Crippen molar-refractivity contribution in [1.29, 1.82) is 0 Å². The predicted octanol–water partition coefficient (Wildman–Crippen LogP) is 1.60. The first kappa shape index (κ1) is 24.1. The molecule has 2 aliphatic heterocycles. The highest BCUT2D eigenvalue weighted by Gasteiger charge is 2.50. The van der Waals surface area contributed by atoms with Crippen molar-refractivity contribution in [1.82, 2.24) is 20.5 Å². The maximum absolute atomic E-state index is 13.7. The number of fused-ring (bicyclic) bond motifs is 2. The number of rotatable bonds is 7. The molecule has 10 heteroatoms. The van der Waals surface area contributed by atoms with Gasteiger partial charge in [-0.05, 0) is 55.7 Å². The summed E-state index contributed by atoms with van der Waals surface area (Å²) in [5.41, 5.74) is 1.16. The number of esters is 1. The fourth-order valence-corrected chi connectivity index (χ4v) is 6.19. The second-order valence-corrected chi connectivity index (χ2v) is 9.96. The first-order chi connectivity index (χ1) is 17.4. The summed E-state index contributed by atoms with van der Waals surface area (Å²) in [6.07, 6.45) is 3.58. The Morgan fingerprint density at radius 1 is 1.19 bits per heavy atom. The van der Waals surface area contributed by atoms with E-state index in [1.54, 1.807) is 18.1 Å². The Hall–Kier alpha value is -3.56. The number of ether oxygens (including phenoxy) is 2. The first-order valence-corrected chi connectivity index (χ1v) is 12.5. The Bertz CT molecular complexity index is 1190. The van der Waals surface area contributed by atoms with E-state index >= 15 is 0 Å². The Labute approximate surface area is 209 Å². The van der Waals surface area contributed by atoms with E-state index in [4.69, 9.17) is 9.47 Å². The fraction of sp³-hybridized carbons (Fsp3) is 0.538. The summed E-state index contributed by atoms with van der Waals surface area (Å²) in [5.74, 6) is -0.788. The number of benzene rings is 1. The second kappa shape index (κ2) is 9.83. The van der Waals surface area contributed by atoms with Crippen LogP contribution in [0.3, 0.4) is 0 Å².